The summed E-state index contributed by atoms with van der Waals surface area (Å²) in [4.78, 5) is 36.1. The molecule has 0 aromatic heterocycles. The molecule has 0 aliphatic carbocycles. The highest BCUT2D eigenvalue weighted by Crippen LogP contribution is 2.23. The molecule has 0 aliphatic rings. The Labute approximate surface area is 182 Å². The van der Waals surface area contributed by atoms with Gasteiger partial charge in [-0.1, -0.05) is 18.2 Å². The van der Waals surface area contributed by atoms with Crippen LogP contribution in [0.2, 0.25) is 0 Å². The van der Waals surface area contributed by atoms with Gasteiger partial charge in [0.05, 0.1) is 16.7 Å². The monoisotopic (exact) mass is 428 g/mol. The van der Waals surface area contributed by atoms with E-state index in [0.29, 0.717) is 10.8 Å². The van der Waals surface area contributed by atoms with E-state index in [1.54, 1.807) is 24.3 Å². The Morgan fingerprint density at radius 2 is 1.16 bits per heavy atom. The number of hydrogen-bond acceptors (Lipinski definition) is 6. The van der Waals surface area contributed by atoms with Crippen molar-refractivity contribution in [1.29, 1.82) is 0 Å². The van der Waals surface area contributed by atoms with E-state index < -0.39 is 17.9 Å². The van der Waals surface area contributed by atoms with E-state index in [2.05, 4.69) is 0 Å². The fourth-order valence-electron chi connectivity index (χ4n) is 3.04. The number of hydrogen-bond donors (Lipinski definition) is 2. The second-order valence-electron chi connectivity index (χ2n) is 6.88. The number of carboxylic acids is 1. The third-order valence-electron chi connectivity index (χ3n) is 4.65. The molecule has 0 amide bonds. The minimum atomic E-state index is -1.02. The summed E-state index contributed by atoms with van der Waals surface area (Å²) in [5.41, 5.74) is 0.483. The van der Waals surface area contributed by atoms with Gasteiger partial charge < -0.3 is 19.7 Å². The predicted molar refractivity (Wildman–Crippen MR) is 115 cm³/mol. The van der Waals surface area contributed by atoms with Crippen molar-refractivity contribution in [1.82, 2.24) is 0 Å². The lowest BCUT2D eigenvalue weighted by atomic mass is 10.1. The molecule has 158 valence electrons. The minimum absolute atomic E-state index is 0.0468. The van der Waals surface area contributed by atoms with Gasteiger partial charge in [0.15, 0.2) is 0 Å². The van der Waals surface area contributed by atoms with Gasteiger partial charge in [-0.2, -0.15) is 0 Å². The molecule has 0 spiro atoms. The molecule has 4 rings (SSSR count). The fraction of sp³-hybridized carbons (Fsp3) is 0. The lowest BCUT2D eigenvalue weighted by Gasteiger charge is -2.08. The number of phenols is 1. The zero-order valence-electron chi connectivity index (χ0n) is 16.5. The number of carbonyl (C=O) groups excluding carboxylic acids is 2. The second kappa shape index (κ2) is 8.61. The first-order chi connectivity index (χ1) is 15.4. The van der Waals surface area contributed by atoms with Gasteiger partial charge in [-0.05, 0) is 77.5 Å². The van der Waals surface area contributed by atoms with Crippen LogP contribution in [0.3, 0.4) is 0 Å². The van der Waals surface area contributed by atoms with Gasteiger partial charge in [0, 0.05) is 0 Å². The van der Waals surface area contributed by atoms with Crippen LogP contribution in [0, 0.1) is 0 Å². The van der Waals surface area contributed by atoms with Crippen molar-refractivity contribution in [3.63, 3.8) is 0 Å². The molecule has 7 heteroatoms. The van der Waals surface area contributed by atoms with Crippen molar-refractivity contribution < 1.29 is 34.1 Å². The molecule has 0 unspecified atom stereocenters. The van der Waals surface area contributed by atoms with Gasteiger partial charge >= 0.3 is 17.9 Å². The summed E-state index contributed by atoms with van der Waals surface area (Å²) in [5, 5.41) is 19.8. The Balaban J connectivity index is 1.49. The SMILES string of the molecule is O=C(O)c1ccc2cc(OC(=O)c3cccc(C(=O)Oc4ccc(O)cc4)c3)ccc2c1. The average Bonchev–Trinajstić information content (AvgIpc) is 2.80. The van der Waals surface area contributed by atoms with E-state index in [9.17, 15) is 19.5 Å². The third-order valence-corrected chi connectivity index (χ3v) is 4.65. The molecule has 0 radical (unpaired) electrons. The molecule has 4 aromatic carbocycles. The van der Waals surface area contributed by atoms with Gasteiger partial charge in [-0.15, -0.1) is 0 Å². The third kappa shape index (κ3) is 4.57. The van der Waals surface area contributed by atoms with Gasteiger partial charge in [0.1, 0.15) is 17.2 Å². The summed E-state index contributed by atoms with van der Waals surface area (Å²) in [6, 6.07) is 21.1. The maximum absolute atomic E-state index is 12.6. The summed E-state index contributed by atoms with van der Waals surface area (Å²) >= 11 is 0. The first kappa shape index (κ1) is 20.6. The van der Waals surface area contributed by atoms with E-state index in [1.807, 2.05) is 0 Å². The number of rotatable bonds is 5. The number of phenolic OH excluding ortho intramolecular Hbond substituents is 1. The quantitative estimate of drug-likeness (QED) is 0.351. The summed E-state index contributed by atoms with van der Waals surface area (Å²) in [6.45, 7) is 0. The number of fused-ring (bicyclic) bond motifs is 1. The molecule has 0 heterocycles. The largest absolute Gasteiger partial charge is 0.508 e. The van der Waals surface area contributed by atoms with Crippen molar-refractivity contribution >= 4 is 28.7 Å². The number of aromatic carboxylic acids is 1. The van der Waals surface area contributed by atoms with E-state index in [-0.39, 0.29) is 33.9 Å². The van der Waals surface area contributed by atoms with Gasteiger partial charge in [-0.3, -0.25) is 0 Å². The predicted octanol–water partition coefficient (Wildman–Crippen LogP) is 4.68. The average molecular weight is 428 g/mol. The first-order valence-electron chi connectivity index (χ1n) is 9.49. The highest BCUT2D eigenvalue weighted by atomic mass is 16.5. The maximum Gasteiger partial charge on any atom is 0.343 e. The number of carbonyl (C=O) groups is 3. The van der Waals surface area contributed by atoms with Crippen LogP contribution in [0.5, 0.6) is 17.2 Å². The van der Waals surface area contributed by atoms with Crippen molar-refractivity contribution in [3.05, 3.63) is 102 Å². The molecule has 0 atom stereocenters. The number of aromatic hydroxyl groups is 1. The molecule has 7 nitrogen and oxygen atoms in total. The zero-order chi connectivity index (χ0) is 22.7. The lowest BCUT2D eigenvalue weighted by molar-refractivity contribution is 0.0692. The topological polar surface area (TPSA) is 110 Å². The van der Waals surface area contributed by atoms with Crippen LogP contribution in [0.4, 0.5) is 0 Å². The van der Waals surface area contributed by atoms with Crippen LogP contribution in [-0.2, 0) is 0 Å². The zero-order valence-corrected chi connectivity index (χ0v) is 16.5. The van der Waals surface area contributed by atoms with Crippen LogP contribution in [0.1, 0.15) is 31.1 Å². The van der Waals surface area contributed by atoms with E-state index in [1.165, 1.54) is 60.7 Å². The van der Waals surface area contributed by atoms with Crippen LogP contribution in [0.25, 0.3) is 10.8 Å². The number of esters is 2. The summed E-state index contributed by atoms with van der Waals surface area (Å²) in [5.74, 6) is -1.77. The number of benzene rings is 4. The Hall–Kier alpha value is -4.65. The Bertz CT molecular complexity index is 1340. The smallest absolute Gasteiger partial charge is 0.343 e. The minimum Gasteiger partial charge on any atom is -0.508 e. The van der Waals surface area contributed by atoms with Crippen molar-refractivity contribution in [2.75, 3.05) is 0 Å². The van der Waals surface area contributed by atoms with E-state index in [0.717, 1.165) is 0 Å². The first-order valence-corrected chi connectivity index (χ1v) is 9.49. The molecule has 4 aromatic rings. The van der Waals surface area contributed by atoms with E-state index in [4.69, 9.17) is 14.6 Å². The molecule has 0 aliphatic heterocycles. The maximum atomic E-state index is 12.6. The Morgan fingerprint density at radius 1 is 0.594 bits per heavy atom. The molecular weight excluding hydrogens is 412 g/mol. The molecular formula is C25H16O7. The molecule has 2 N–H and O–H groups in total. The van der Waals surface area contributed by atoms with Gasteiger partial charge in [0.25, 0.3) is 0 Å². The number of carboxylic acid groups (broad SMARTS) is 1. The molecule has 0 saturated heterocycles. The molecule has 0 bridgehead atoms. The van der Waals surface area contributed by atoms with Crippen LogP contribution < -0.4 is 9.47 Å². The summed E-state index contributed by atoms with van der Waals surface area (Å²) in [7, 11) is 0. The van der Waals surface area contributed by atoms with Crippen molar-refractivity contribution in [3.8, 4) is 17.2 Å². The fourth-order valence-corrected chi connectivity index (χ4v) is 3.04. The van der Waals surface area contributed by atoms with E-state index >= 15 is 0 Å². The van der Waals surface area contributed by atoms with Crippen LogP contribution in [0.15, 0.2) is 84.9 Å². The van der Waals surface area contributed by atoms with Crippen molar-refractivity contribution in [2.45, 2.75) is 0 Å². The Kier molecular flexibility index (Phi) is 5.55. The molecule has 32 heavy (non-hydrogen) atoms. The Morgan fingerprint density at radius 3 is 1.81 bits per heavy atom. The van der Waals surface area contributed by atoms with Crippen LogP contribution >= 0.6 is 0 Å². The van der Waals surface area contributed by atoms with Gasteiger partial charge in [0.2, 0.25) is 0 Å². The highest BCUT2D eigenvalue weighted by molar-refractivity contribution is 5.98. The van der Waals surface area contributed by atoms with Gasteiger partial charge in [-0.25, -0.2) is 14.4 Å². The summed E-state index contributed by atoms with van der Waals surface area (Å²) in [6.07, 6.45) is 0. The second-order valence-corrected chi connectivity index (χ2v) is 6.88. The van der Waals surface area contributed by atoms with Crippen LogP contribution in [-0.4, -0.2) is 28.1 Å². The molecule has 0 saturated carbocycles. The normalized spacial score (nSPS) is 10.5. The standard InChI is InChI=1S/C25H16O7/c26-20-7-10-21(11-8-20)31-24(29)18-2-1-3-19(13-18)25(30)32-22-9-6-15-12-17(23(27)28)5-4-16(15)14-22/h1-14,26H,(H,27,28). The highest BCUT2D eigenvalue weighted by Gasteiger charge is 2.15. The number of ether oxygens (including phenoxy) is 2. The molecule has 0 fully saturated rings. The lowest BCUT2D eigenvalue weighted by Crippen LogP contribution is -2.12. The van der Waals surface area contributed by atoms with Crippen molar-refractivity contribution in [2.24, 2.45) is 0 Å². The summed E-state index contributed by atoms with van der Waals surface area (Å²) < 4.78 is 10.7.